The second kappa shape index (κ2) is 7.92. The van der Waals surface area contributed by atoms with E-state index >= 15 is 0 Å². The van der Waals surface area contributed by atoms with E-state index in [1.54, 1.807) is 12.0 Å². The molecule has 2 N–H and O–H groups in total. The Balaban J connectivity index is 2.26. The topological polar surface area (TPSA) is 70.7 Å². The second-order valence-electron chi connectivity index (χ2n) is 4.38. The third-order valence-corrected chi connectivity index (χ3v) is 3.09. The van der Waals surface area contributed by atoms with Gasteiger partial charge < -0.3 is 20.3 Å². The first kappa shape index (κ1) is 14.8. The Morgan fingerprint density at radius 3 is 2.50 bits per heavy atom. The van der Waals surface area contributed by atoms with Crippen LogP contribution in [0.25, 0.3) is 0 Å². The molecular weight excluding hydrogens is 234 g/mol. The van der Waals surface area contributed by atoms with Gasteiger partial charge in [0, 0.05) is 39.2 Å². The summed E-state index contributed by atoms with van der Waals surface area (Å²) in [5.41, 5.74) is 0. The number of urea groups is 1. The minimum Gasteiger partial charge on any atom is -0.383 e. The van der Waals surface area contributed by atoms with Gasteiger partial charge in [0.25, 0.3) is 0 Å². The molecule has 18 heavy (non-hydrogen) atoms. The van der Waals surface area contributed by atoms with Crippen molar-refractivity contribution in [1.82, 2.24) is 15.5 Å². The SMILES string of the molecule is CCNC(=O)N1CCC(C(=O)NCCOC)CC1. The van der Waals surface area contributed by atoms with Crippen molar-refractivity contribution in [1.29, 1.82) is 0 Å². The molecule has 0 bridgehead atoms. The summed E-state index contributed by atoms with van der Waals surface area (Å²) in [6.07, 6.45) is 1.46. The Kier molecular flexibility index (Phi) is 6.49. The number of hydrogen-bond acceptors (Lipinski definition) is 3. The summed E-state index contributed by atoms with van der Waals surface area (Å²) in [5, 5.41) is 5.61. The number of likely N-dealkylation sites (tertiary alicyclic amines) is 1. The number of carbonyl (C=O) groups is 2. The summed E-state index contributed by atoms with van der Waals surface area (Å²) < 4.78 is 4.88. The van der Waals surface area contributed by atoms with Gasteiger partial charge in [0.15, 0.2) is 0 Å². The predicted octanol–water partition coefficient (Wildman–Crippen LogP) is 0.191. The lowest BCUT2D eigenvalue weighted by Crippen LogP contribution is -2.47. The van der Waals surface area contributed by atoms with Crippen molar-refractivity contribution in [2.24, 2.45) is 5.92 Å². The molecule has 0 unspecified atom stereocenters. The average Bonchev–Trinajstić information content (AvgIpc) is 2.39. The molecule has 1 aliphatic rings. The predicted molar refractivity (Wildman–Crippen MR) is 68.3 cm³/mol. The van der Waals surface area contributed by atoms with Crippen LogP contribution in [0.15, 0.2) is 0 Å². The van der Waals surface area contributed by atoms with Gasteiger partial charge in [0.05, 0.1) is 6.61 Å². The third-order valence-electron chi connectivity index (χ3n) is 3.09. The summed E-state index contributed by atoms with van der Waals surface area (Å²) in [6, 6.07) is -0.0317. The molecule has 0 aliphatic carbocycles. The number of amides is 3. The standard InChI is InChI=1S/C12H23N3O3/c1-3-13-12(17)15-7-4-10(5-8-15)11(16)14-6-9-18-2/h10H,3-9H2,1-2H3,(H,13,17)(H,14,16). The molecule has 1 heterocycles. The van der Waals surface area contributed by atoms with Gasteiger partial charge in [0.1, 0.15) is 0 Å². The van der Waals surface area contributed by atoms with E-state index in [0.717, 1.165) is 12.8 Å². The third kappa shape index (κ3) is 4.52. The number of nitrogens with one attached hydrogen (secondary N) is 2. The number of ether oxygens (including phenoxy) is 1. The molecule has 0 atom stereocenters. The minimum atomic E-state index is -0.0317. The van der Waals surface area contributed by atoms with Crippen LogP contribution in [-0.4, -0.2) is 56.7 Å². The molecule has 1 rings (SSSR count). The molecule has 0 aromatic rings. The molecule has 0 aromatic heterocycles. The van der Waals surface area contributed by atoms with E-state index in [1.165, 1.54) is 0 Å². The van der Waals surface area contributed by atoms with Gasteiger partial charge in [-0.1, -0.05) is 0 Å². The van der Waals surface area contributed by atoms with Gasteiger partial charge in [-0.3, -0.25) is 4.79 Å². The van der Waals surface area contributed by atoms with Crippen LogP contribution < -0.4 is 10.6 Å². The molecule has 0 radical (unpaired) electrons. The fourth-order valence-corrected chi connectivity index (χ4v) is 2.03. The Hall–Kier alpha value is -1.30. The molecule has 104 valence electrons. The molecule has 1 saturated heterocycles. The van der Waals surface area contributed by atoms with Crippen molar-refractivity contribution in [2.75, 3.05) is 39.9 Å². The van der Waals surface area contributed by atoms with E-state index in [-0.39, 0.29) is 17.9 Å². The Morgan fingerprint density at radius 2 is 1.94 bits per heavy atom. The summed E-state index contributed by atoms with van der Waals surface area (Å²) in [4.78, 5) is 25.1. The lowest BCUT2D eigenvalue weighted by molar-refractivity contribution is -0.126. The van der Waals surface area contributed by atoms with Gasteiger partial charge >= 0.3 is 6.03 Å². The number of piperidine rings is 1. The zero-order chi connectivity index (χ0) is 13.4. The van der Waals surface area contributed by atoms with Crippen LogP contribution in [0, 0.1) is 5.92 Å². The lowest BCUT2D eigenvalue weighted by Gasteiger charge is -2.31. The molecule has 0 aromatic carbocycles. The largest absolute Gasteiger partial charge is 0.383 e. The highest BCUT2D eigenvalue weighted by Crippen LogP contribution is 2.17. The van der Waals surface area contributed by atoms with Crippen molar-refractivity contribution >= 4 is 11.9 Å². The summed E-state index contributed by atoms with van der Waals surface area (Å²) in [7, 11) is 1.61. The van der Waals surface area contributed by atoms with Crippen LogP contribution in [0.3, 0.4) is 0 Å². The van der Waals surface area contributed by atoms with Crippen LogP contribution in [0.5, 0.6) is 0 Å². The van der Waals surface area contributed by atoms with Crippen LogP contribution in [0.1, 0.15) is 19.8 Å². The fourth-order valence-electron chi connectivity index (χ4n) is 2.03. The number of rotatable bonds is 5. The first-order valence-electron chi connectivity index (χ1n) is 6.48. The van der Waals surface area contributed by atoms with E-state index in [2.05, 4.69) is 10.6 Å². The normalized spacial score (nSPS) is 16.4. The quantitative estimate of drug-likeness (QED) is 0.691. The zero-order valence-electron chi connectivity index (χ0n) is 11.2. The zero-order valence-corrected chi connectivity index (χ0v) is 11.2. The monoisotopic (exact) mass is 257 g/mol. The van der Waals surface area contributed by atoms with E-state index in [9.17, 15) is 9.59 Å². The maximum absolute atomic E-state index is 11.8. The summed E-state index contributed by atoms with van der Waals surface area (Å²) in [6.45, 7) is 4.90. The number of nitrogens with zero attached hydrogens (tertiary/aromatic N) is 1. The average molecular weight is 257 g/mol. The van der Waals surface area contributed by atoms with Gasteiger partial charge in [-0.2, -0.15) is 0 Å². The Bertz CT molecular complexity index is 276. The lowest BCUT2D eigenvalue weighted by atomic mass is 9.96. The van der Waals surface area contributed by atoms with Crippen molar-refractivity contribution in [3.05, 3.63) is 0 Å². The highest BCUT2D eigenvalue weighted by molar-refractivity contribution is 5.79. The van der Waals surface area contributed by atoms with E-state index in [0.29, 0.717) is 32.8 Å². The van der Waals surface area contributed by atoms with Crippen molar-refractivity contribution in [3.8, 4) is 0 Å². The van der Waals surface area contributed by atoms with Crippen LogP contribution in [0.2, 0.25) is 0 Å². The van der Waals surface area contributed by atoms with Crippen LogP contribution in [-0.2, 0) is 9.53 Å². The smallest absolute Gasteiger partial charge is 0.317 e. The molecule has 3 amide bonds. The Morgan fingerprint density at radius 1 is 1.28 bits per heavy atom. The van der Waals surface area contributed by atoms with Crippen molar-refractivity contribution in [3.63, 3.8) is 0 Å². The number of carbonyl (C=O) groups excluding carboxylic acids is 2. The fraction of sp³-hybridized carbons (Fsp3) is 0.833. The van der Waals surface area contributed by atoms with Gasteiger partial charge in [-0.15, -0.1) is 0 Å². The molecule has 0 spiro atoms. The maximum Gasteiger partial charge on any atom is 0.317 e. The highest BCUT2D eigenvalue weighted by atomic mass is 16.5. The van der Waals surface area contributed by atoms with E-state index in [4.69, 9.17) is 4.74 Å². The van der Waals surface area contributed by atoms with E-state index in [1.807, 2.05) is 6.92 Å². The molecule has 6 heteroatoms. The van der Waals surface area contributed by atoms with Crippen molar-refractivity contribution < 1.29 is 14.3 Å². The van der Waals surface area contributed by atoms with Gasteiger partial charge in [0.2, 0.25) is 5.91 Å². The second-order valence-corrected chi connectivity index (χ2v) is 4.38. The highest BCUT2D eigenvalue weighted by Gasteiger charge is 2.26. The van der Waals surface area contributed by atoms with Crippen molar-refractivity contribution in [2.45, 2.75) is 19.8 Å². The van der Waals surface area contributed by atoms with Crippen LogP contribution >= 0.6 is 0 Å². The minimum absolute atomic E-state index is 0.0209. The molecule has 1 fully saturated rings. The van der Waals surface area contributed by atoms with Gasteiger partial charge in [-0.25, -0.2) is 4.79 Å². The first-order chi connectivity index (χ1) is 8.69. The molecule has 6 nitrogen and oxygen atoms in total. The van der Waals surface area contributed by atoms with Gasteiger partial charge in [-0.05, 0) is 19.8 Å². The maximum atomic E-state index is 11.8. The number of methoxy groups -OCH3 is 1. The Labute approximate surface area is 108 Å². The van der Waals surface area contributed by atoms with Crippen LogP contribution in [0.4, 0.5) is 4.79 Å². The number of hydrogen-bond donors (Lipinski definition) is 2. The molecule has 1 aliphatic heterocycles. The molecular formula is C12H23N3O3. The van der Waals surface area contributed by atoms with E-state index < -0.39 is 0 Å². The summed E-state index contributed by atoms with van der Waals surface area (Å²) in [5.74, 6) is 0.0927. The first-order valence-corrected chi connectivity index (χ1v) is 6.48. The summed E-state index contributed by atoms with van der Waals surface area (Å²) >= 11 is 0. The molecule has 0 saturated carbocycles.